The number of benzene rings is 1. The molecule has 1 aromatic rings. The topological polar surface area (TPSA) is 64.3 Å². The summed E-state index contributed by atoms with van der Waals surface area (Å²) < 4.78 is 5.34. The summed E-state index contributed by atoms with van der Waals surface area (Å²) in [6.07, 6.45) is 0. The number of rotatable bonds is 6. The van der Waals surface area contributed by atoms with Crippen molar-refractivity contribution in [2.24, 2.45) is 11.7 Å². The molecule has 0 atom stereocenters. The standard InChI is InChI=1S/C13H17ClN2O2S/c1-8(2)6-16-12(17)7-18-9-3-4-10(13(15)19)11(14)5-9/h3-5,8H,6-7H2,1-2H3,(H2,15,19)(H,16,17). The largest absolute Gasteiger partial charge is 0.484 e. The van der Waals surface area contributed by atoms with Gasteiger partial charge in [-0.15, -0.1) is 0 Å². The molecule has 0 radical (unpaired) electrons. The highest BCUT2D eigenvalue weighted by atomic mass is 35.5. The number of nitrogens with one attached hydrogen (secondary N) is 1. The number of ether oxygens (including phenoxy) is 1. The Hall–Kier alpha value is -1.33. The Balaban J connectivity index is 2.52. The average Bonchev–Trinajstić information content (AvgIpc) is 2.33. The van der Waals surface area contributed by atoms with Crippen LogP contribution < -0.4 is 15.8 Å². The second-order valence-electron chi connectivity index (χ2n) is 4.49. The maximum Gasteiger partial charge on any atom is 0.257 e. The molecular formula is C13H17ClN2O2S. The van der Waals surface area contributed by atoms with Crippen LogP contribution in [0.3, 0.4) is 0 Å². The molecule has 0 bridgehead atoms. The molecule has 0 fully saturated rings. The van der Waals surface area contributed by atoms with Crippen LogP contribution in [-0.2, 0) is 4.79 Å². The Bertz CT molecular complexity index is 478. The zero-order valence-electron chi connectivity index (χ0n) is 10.9. The molecule has 0 spiro atoms. The van der Waals surface area contributed by atoms with Crippen LogP contribution in [0, 0.1) is 5.92 Å². The third-order valence-corrected chi connectivity index (χ3v) is 2.82. The number of carbonyl (C=O) groups is 1. The van der Waals surface area contributed by atoms with Crippen molar-refractivity contribution in [2.45, 2.75) is 13.8 Å². The van der Waals surface area contributed by atoms with Crippen LogP contribution in [0.5, 0.6) is 5.75 Å². The molecule has 0 aliphatic carbocycles. The van der Waals surface area contributed by atoms with E-state index in [1.807, 2.05) is 13.8 Å². The van der Waals surface area contributed by atoms with Crippen molar-refractivity contribution in [2.75, 3.05) is 13.2 Å². The second-order valence-corrected chi connectivity index (χ2v) is 5.34. The lowest BCUT2D eigenvalue weighted by Crippen LogP contribution is -2.31. The minimum Gasteiger partial charge on any atom is -0.484 e. The third-order valence-electron chi connectivity index (χ3n) is 2.28. The van der Waals surface area contributed by atoms with Crippen LogP contribution in [0.15, 0.2) is 18.2 Å². The van der Waals surface area contributed by atoms with Crippen LogP contribution in [0.4, 0.5) is 0 Å². The maximum atomic E-state index is 11.5. The molecule has 104 valence electrons. The van der Waals surface area contributed by atoms with Crippen LogP contribution in [0.1, 0.15) is 19.4 Å². The summed E-state index contributed by atoms with van der Waals surface area (Å²) in [5.74, 6) is 0.746. The van der Waals surface area contributed by atoms with Crippen molar-refractivity contribution >= 4 is 34.7 Å². The van der Waals surface area contributed by atoms with Crippen LogP contribution >= 0.6 is 23.8 Å². The van der Waals surface area contributed by atoms with E-state index in [2.05, 4.69) is 5.32 Å². The van der Waals surface area contributed by atoms with Gasteiger partial charge >= 0.3 is 0 Å². The van der Waals surface area contributed by atoms with Gasteiger partial charge in [0.25, 0.3) is 5.91 Å². The smallest absolute Gasteiger partial charge is 0.257 e. The Morgan fingerprint density at radius 3 is 2.74 bits per heavy atom. The molecule has 1 aromatic carbocycles. The van der Waals surface area contributed by atoms with E-state index in [0.717, 1.165) is 0 Å². The summed E-state index contributed by atoms with van der Waals surface area (Å²) in [7, 11) is 0. The van der Waals surface area contributed by atoms with E-state index in [9.17, 15) is 4.79 Å². The molecule has 0 unspecified atom stereocenters. The Morgan fingerprint density at radius 2 is 2.21 bits per heavy atom. The lowest BCUT2D eigenvalue weighted by Gasteiger charge is -2.10. The summed E-state index contributed by atoms with van der Waals surface area (Å²) >= 11 is 10.8. The van der Waals surface area contributed by atoms with E-state index in [4.69, 9.17) is 34.3 Å². The van der Waals surface area contributed by atoms with Crippen LogP contribution in [0.25, 0.3) is 0 Å². The lowest BCUT2D eigenvalue weighted by atomic mass is 10.2. The zero-order valence-corrected chi connectivity index (χ0v) is 12.5. The van der Waals surface area contributed by atoms with E-state index in [-0.39, 0.29) is 17.5 Å². The van der Waals surface area contributed by atoms with Gasteiger partial charge in [0, 0.05) is 12.1 Å². The zero-order chi connectivity index (χ0) is 14.4. The number of thiocarbonyl (C=S) groups is 1. The quantitative estimate of drug-likeness (QED) is 0.790. The van der Waals surface area contributed by atoms with Crippen molar-refractivity contribution in [1.82, 2.24) is 5.32 Å². The van der Waals surface area contributed by atoms with Gasteiger partial charge < -0.3 is 15.8 Å². The van der Waals surface area contributed by atoms with E-state index < -0.39 is 0 Å². The highest BCUT2D eigenvalue weighted by Gasteiger charge is 2.07. The number of hydrogen-bond acceptors (Lipinski definition) is 3. The van der Waals surface area contributed by atoms with Gasteiger partial charge in [-0.2, -0.15) is 0 Å². The molecule has 6 heteroatoms. The number of hydrogen-bond donors (Lipinski definition) is 2. The van der Waals surface area contributed by atoms with E-state index in [0.29, 0.717) is 28.8 Å². The first-order valence-electron chi connectivity index (χ1n) is 5.89. The molecule has 0 saturated heterocycles. The van der Waals surface area contributed by atoms with Crippen molar-refractivity contribution < 1.29 is 9.53 Å². The molecular weight excluding hydrogens is 284 g/mol. The van der Waals surface area contributed by atoms with Gasteiger partial charge in [0.1, 0.15) is 10.7 Å². The molecule has 0 aliphatic rings. The lowest BCUT2D eigenvalue weighted by molar-refractivity contribution is -0.123. The first kappa shape index (κ1) is 15.7. The highest BCUT2D eigenvalue weighted by Crippen LogP contribution is 2.22. The fourth-order valence-electron chi connectivity index (χ4n) is 1.30. The predicted octanol–water partition coefficient (Wildman–Crippen LogP) is 2.13. The number of nitrogens with two attached hydrogens (primary N) is 1. The van der Waals surface area contributed by atoms with E-state index in [1.165, 1.54) is 0 Å². The summed E-state index contributed by atoms with van der Waals surface area (Å²) in [6.45, 7) is 4.63. The van der Waals surface area contributed by atoms with Crippen molar-refractivity contribution in [3.63, 3.8) is 0 Å². The monoisotopic (exact) mass is 300 g/mol. The molecule has 0 aromatic heterocycles. The summed E-state index contributed by atoms with van der Waals surface area (Å²) in [4.78, 5) is 11.7. The fraction of sp³-hybridized carbons (Fsp3) is 0.385. The van der Waals surface area contributed by atoms with Crippen LogP contribution in [0.2, 0.25) is 5.02 Å². The number of carbonyl (C=O) groups excluding carboxylic acids is 1. The normalized spacial score (nSPS) is 10.3. The third kappa shape index (κ3) is 5.44. The fourth-order valence-corrected chi connectivity index (χ4v) is 1.81. The SMILES string of the molecule is CC(C)CNC(=O)COc1ccc(C(N)=S)c(Cl)c1. The minimum atomic E-state index is -0.164. The van der Waals surface area contributed by atoms with Crippen molar-refractivity contribution in [3.05, 3.63) is 28.8 Å². The van der Waals surface area contributed by atoms with Gasteiger partial charge in [-0.3, -0.25) is 4.79 Å². The molecule has 19 heavy (non-hydrogen) atoms. The molecule has 4 nitrogen and oxygen atoms in total. The van der Waals surface area contributed by atoms with Gasteiger partial charge in [0.05, 0.1) is 5.02 Å². The van der Waals surface area contributed by atoms with Gasteiger partial charge in [0.2, 0.25) is 0 Å². The Labute approximate surface area is 123 Å². The van der Waals surface area contributed by atoms with Crippen molar-refractivity contribution in [1.29, 1.82) is 0 Å². The van der Waals surface area contributed by atoms with Gasteiger partial charge in [0.15, 0.2) is 6.61 Å². The minimum absolute atomic E-state index is 0.0462. The van der Waals surface area contributed by atoms with E-state index >= 15 is 0 Å². The Kier molecular flexibility index (Phi) is 6.05. The average molecular weight is 301 g/mol. The van der Waals surface area contributed by atoms with Gasteiger partial charge in [-0.05, 0) is 24.1 Å². The molecule has 1 amide bonds. The molecule has 0 saturated carbocycles. The first-order valence-corrected chi connectivity index (χ1v) is 6.67. The van der Waals surface area contributed by atoms with Crippen LogP contribution in [-0.4, -0.2) is 24.0 Å². The van der Waals surface area contributed by atoms with Gasteiger partial charge in [-0.25, -0.2) is 0 Å². The summed E-state index contributed by atoms with van der Waals surface area (Å²) in [5.41, 5.74) is 6.09. The molecule has 1 rings (SSSR count). The maximum absolute atomic E-state index is 11.5. The molecule has 0 heterocycles. The summed E-state index contributed by atoms with van der Waals surface area (Å²) in [5, 5.41) is 3.17. The van der Waals surface area contributed by atoms with E-state index in [1.54, 1.807) is 18.2 Å². The Morgan fingerprint density at radius 1 is 1.53 bits per heavy atom. The first-order chi connectivity index (χ1) is 8.90. The van der Waals surface area contributed by atoms with Gasteiger partial charge in [-0.1, -0.05) is 37.7 Å². The highest BCUT2D eigenvalue weighted by molar-refractivity contribution is 7.80. The number of halogens is 1. The number of amides is 1. The second kappa shape index (κ2) is 7.31. The van der Waals surface area contributed by atoms with Crippen molar-refractivity contribution in [3.8, 4) is 5.75 Å². The molecule has 0 aliphatic heterocycles. The molecule has 3 N–H and O–H groups in total. The summed E-state index contributed by atoms with van der Waals surface area (Å²) in [6, 6.07) is 4.94. The predicted molar refractivity (Wildman–Crippen MR) is 80.7 cm³/mol.